The van der Waals surface area contributed by atoms with Gasteiger partial charge in [0.2, 0.25) is 5.91 Å². The molecule has 144 valence electrons. The van der Waals surface area contributed by atoms with E-state index in [4.69, 9.17) is 10.00 Å². The second kappa shape index (κ2) is 8.25. The number of amides is 2. The van der Waals surface area contributed by atoms with Crippen LogP contribution in [0.1, 0.15) is 19.8 Å². The van der Waals surface area contributed by atoms with Gasteiger partial charge in [0.15, 0.2) is 0 Å². The molecular formula is C19H23FN4O3. The smallest absolute Gasteiger partial charge is 0.414 e. The lowest BCUT2D eigenvalue weighted by Gasteiger charge is -2.35. The van der Waals surface area contributed by atoms with Gasteiger partial charge in [-0.05, 0) is 30.7 Å². The molecule has 2 aliphatic heterocycles. The van der Waals surface area contributed by atoms with Crippen molar-refractivity contribution in [1.29, 1.82) is 5.26 Å². The molecule has 2 saturated heterocycles. The number of nitrogens with one attached hydrogen (secondary N) is 1. The predicted molar refractivity (Wildman–Crippen MR) is 98.2 cm³/mol. The van der Waals surface area contributed by atoms with Gasteiger partial charge in [-0.3, -0.25) is 9.69 Å². The van der Waals surface area contributed by atoms with Crippen LogP contribution in [0.4, 0.5) is 20.6 Å². The number of nitriles is 1. The third kappa shape index (κ3) is 4.48. The van der Waals surface area contributed by atoms with E-state index >= 15 is 0 Å². The third-order valence-electron chi connectivity index (χ3n) is 5.01. The highest BCUT2D eigenvalue weighted by Crippen LogP contribution is 2.29. The molecule has 8 heteroatoms. The van der Waals surface area contributed by atoms with E-state index < -0.39 is 12.3 Å². The van der Waals surface area contributed by atoms with E-state index in [1.165, 1.54) is 11.8 Å². The van der Waals surface area contributed by atoms with Gasteiger partial charge in [-0.1, -0.05) is 0 Å². The minimum Gasteiger partial charge on any atom is -0.442 e. The number of carbonyl (C=O) groups is 2. The maximum Gasteiger partial charge on any atom is 0.414 e. The third-order valence-corrected chi connectivity index (χ3v) is 5.01. The van der Waals surface area contributed by atoms with E-state index in [0.29, 0.717) is 25.2 Å². The molecule has 1 N–H and O–H groups in total. The zero-order chi connectivity index (χ0) is 19.4. The summed E-state index contributed by atoms with van der Waals surface area (Å²) in [6.45, 7) is 3.04. The lowest BCUT2D eigenvalue weighted by atomic mass is 9.92. The average molecular weight is 374 g/mol. The molecule has 3 atom stereocenters. The van der Waals surface area contributed by atoms with Crippen molar-refractivity contribution in [2.24, 2.45) is 5.92 Å². The number of hydrogen-bond acceptors (Lipinski definition) is 5. The van der Waals surface area contributed by atoms with Crippen molar-refractivity contribution >= 4 is 23.4 Å². The summed E-state index contributed by atoms with van der Waals surface area (Å²) in [6.07, 6.45) is -0.933. The summed E-state index contributed by atoms with van der Waals surface area (Å²) in [7, 11) is 0. The van der Waals surface area contributed by atoms with Crippen molar-refractivity contribution in [3.05, 3.63) is 24.3 Å². The minimum absolute atomic E-state index is 0.168. The Labute approximate surface area is 157 Å². The zero-order valence-corrected chi connectivity index (χ0v) is 15.2. The highest BCUT2D eigenvalue weighted by atomic mass is 19.1. The number of nitrogens with zero attached hydrogens (tertiary/aromatic N) is 3. The fourth-order valence-corrected chi connectivity index (χ4v) is 3.47. The highest BCUT2D eigenvalue weighted by Gasteiger charge is 2.33. The van der Waals surface area contributed by atoms with E-state index in [1.807, 2.05) is 29.2 Å². The Balaban J connectivity index is 1.60. The Morgan fingerprint density at radius 2 is 2.04 bits per heavy atom. The topological polar surface area (TPSA) is 85.7 Å². The first-order valence-corrected chi connectivity index (χ1v) is 9.06. The first-order chi connectivity index (χ1) is 13.0. The first kappa shape index (κ1) is 19.0. The molecule has 2 heterocycles. The maximum absolute atomic E-state index is 14.2. The van der Waals surface area contributed by atoms with Crippen LogP contribution in [0, 0.1) is 17.2 Å². The molecule has 2 aliphatic rings. The largest absolute Gasteiger partial charge is 0.442 e. The first-order valence-electron chi connectivity index (χ1n) is 9.06. The Morgan fingerprint density at radius 3 is 2.67 bits per heavy atom. The van der Waals surface area contributed by atoms with Gasteiger partial charge in [0, 0.05) is 43.7 Å². The van der Waals surface area contributed by atoms with Gasteiger partial charge >= 0.3 is 6.09 Å². The molecular weight excluding hydrogens is 351 g/mol. The monoisotopic (exact) mass is 374 g/mol. The van der Waals surface area contributed by atoms with Gasteiger partial charge in [0.1, 0.15) is 12.3 Å². The van der Waals surface area contributed by atoms with Crippen molar-refractivity contribution in [3.63, 3.8) is 0 Å². The normalized spacial score (nSPS) is 25.1. The number of carbonyl (C=O) groups excluding carboxylic acids is 2. The van der Waals surface area contributed by atoms with E-state index in [-0.39, 0.29) is 37.4 Å². The summed E-state index contributed by atoms with van der Waals surface area (Å²) in [4.78, 5) is 26.5. The molecule has 7 nitrogen and oxygen atoms in total. The SMILES string of the molecule is CC(=O)NCC1CN(c2ccc(N3CCC(CC#N)C(F)C3)cc2)C(=O)O1. The second-order valence-electron chi connectivity index (χ2n) is 6.94. The van der Waals surface area contributed by atoms with Crippen LogP contribution in [0.3, 0.4) is 0 Å². The number of hydrogen-bond donors (Lipinski definition) is 1. The molecule has 0 aromatic heterocycles. The van der Waals surface area contributed by atoms with Crippen LogP contribution >= 0.6 is 0 Å². The molecule has 0 saturated carbocycles. The fraction of sp³-hybridized carbons (Fsp3) is 0.526. The Bertz CT molecular complexity index is 733. The van der Waals surface area contributed by atoms with Gasteiger partial charge in [-0.15, -0.1) is 0 Å². The number of piperidine rings is 1. The predicted octanol–water partition coefficient (Wildman–Crippen LogP) is 2.23. The average Bonchev–Trinajstić information content (AvgIpc) is 3.03. The number of ether oxygens (including phenoxy) is 1. The number of benzene rings is 1. The summed E-state index contributed by atoms with van der Waals surface area (Å²) in [5.41, 5.74) is 1.59. The standard InChI is InChI=1S/C19H23FN4O3/c1-13(25)22-10-17-11-24(19(26)27-17)16-4-2-15(3-5-16)23-9-7-14(6-8-21)18(20)12-23/h2-5,14,17-18H,6-7,9-12H2,1H3,(H,22,25). The molecule has 2 fully saturated rings. The molecule has 3 rings (SSSR count). The quantitative estimate of drug-likeness (QED) is 0.854. The van der Waals surface area contributed by atoms with Crippen LogP contribution in [0.25, 0.3) is 0 Å². The van der Waals surface area contributed by atoms with Crippen molar-refractivity contribution in [1.82, 2.24) is 5.32 Å². The minimum atomic E-state index is -1.01. The molecule has 0 aliphatic carbocycles. The molecule has 27 heavy (non-hydrogen) atoms. The number of halogens is 1. The number of rotatable bonds is 5. The van der Waals surface area contributed by atoms with Gasteiger partial charge in [-0.2, -0.15) is 5.26 Å². The van der Waals surface area contributed by atoms with E-state index in [9.17, 15) is 14.0 Å². The summed E-state index contributed by atoms with van der Waals surface area (Å²) < 4.78 is 19.5. The van der Waals surface area contributed by atoms with Crippen LogP contribution in [0.15, 0.2) is 24.3 Å². The highest BCUT2D eigenvalue weighted by molar-refractivity contribution is 5.90. The van der Waals surface area contributed by atoms with Crippen molar-refractivity contribution in [2.45, 2.75) is 32.0 Å². The second-order valence-corrected chi connectivity index (χ2v) is 6.94. The Kier molecular flexibility index (Phi) is 5.79. The summed E-state index contributed by atoms with van der Waals surface area (Å²) in [6, 6.07) is 9.40. The van der Waals surface area contributed by atoms with E-state index in [1.54, 1.807) is 0 Å². The summed E-state index contributed by atoms with van der Waals surface area (Å²) in [5.74, 6) is -0.357. The van der Waals surface area contributed by atoms with Crippen molar-refractivity contribution < 1.29 is 18.7 Å². The molecule has 0 radical (unpaired) electrons. The molecule has 1 aromatic rings. The summed E-state index contributed by atoms with van der Waals surface area (Å²) >= 11 is 0. The van der Waals surface area contributed by atoms with Gasteiger partial charge in [0.05, 0.1) is 19.2 Å². The van der Waals surface area contributed by atoms with Crippen LogP contribution in [0.2, 0.25) is 0 Å². The number of cyclic esters (lactones) is 1. The Hall–Kier alpha value is -2.82. The van der Waals surface area contributed by atoms with E-state index in [2.05, 4.69) is 11.4 Å². The van der Waals surface area contributed by atoms with Crippen molar-refractivity contribution in [3.8, 4) is 6.07 Å². The van der Waals surface area contributed by atoms with Crippen LogP contribution in [-0.4, -0.2) is 50.5 Å². The maximum atomic E-state index is 14.2. The molecule has 3 unspecified atom stereocenters. The molecule has 0 spiro atoms. The molecule has 0 bridgehead atoms. The van der Waals surface area contributed by atoms with Crippen molar-refractivity contribution in [2.75, 3.05) is 36.0 Å². The zero-order valence-electron chi connectivity index (χ0n) is 15.2. The van der Waals surface area contributed by atoms with E-state index in [0.717, 1.165) is 5.69 Å². The van der Waals surface area contributed by atoms with Crippen LogP contribution < -0.4 is 15.1 Å². The molecule has 1 aromatic carbocycles. The van der Waals surface area contributed by atoms with Gasteiger partial charge in [0.25, 0.3) is 0 Å². The Morgan fingerprint density at radius 1 is 1.33 bits per heavy atom. The lowest BCUT2D eigenvalue weighted by molar-refractivity contribution is -0.119. The van der Waals surface area contributed by atoms with Gasteiger partial charge in [-0.25, -0.2) is 9.18 Å². The van der Waals surface area contributed by atoms with Gasteiger partial charge < -0.3 is 15.0 Å². The van der Waals surface area contributed by atoms with Crippen LogP contribution in [-0.2, 0) is 9.53 Å². The summed E-state index contributed by atoms with van der Waals surface area (Å²) in [5, 5.41) is 11.4. The molecule has 2 amide bonds. The number of anilines is 2. The lowest BCUT2D eigenvalue weighted by Crippen LogP contribution is -2.41. The fourth-order valence-electron chi connectivity index (χ4n) is 3.47. The van der Waals surface area contributed by atoms with Crippen LogP contribution in [0.5, 0.6) is 0 Å². The number of alkyl halides is 1.